The predicted octanol–water partition coefficient (Wildman–Crippen LogP) is 4.05. The fourth-order valence-electron chi connectivity index (χ4n) is 2.80. The van der Waals surface area contributed by atoms with Crippen LogP contribution in [0, 0.1) is 5.82 Å². The molecule has 0 unspecified atom stereocenters. The summed E-state index contributed by atoms with van der Waals surface area (Å²) < 4.78 is 13.6. The molecule has 0 fully saturated rings. The van der Waals surface area contributed by atoms with Gasteiger partial charge in [-0.25, -0.2) is 4.39 Å². The Hall–Kier alpha value is -3.02. The fourth-order valence-corrected chi connectivity index (χ4v) is 2.80. The summed E-state index contributed by atoms with van der Waals surface area (Å²) in [6.45, 7) is 4.53. The Labute approximate surface area is 151 Å². The van der Waals surface area contributed by atoms with Crippen LogP contribution < -0.4 is 0 Å². The summed E-state index contributed by atoms with van der Waals surface area (Å²) >= 11 is 0. The number of amides is 1. The molecule has 3 rings (SSSR count). The van der Waals surface area contributed by atoms with Gasteiger partial charge in [0.05, 0.1) is 17.5 Å². The number of carbonyl (C=O) groups excluding carboxylic acids is 1. The van der Waals surface area contributed by atoms with Crippen LogP contribution in [-0.4, -0.2) is 32.0 Å². The molecule has 134 valence electrons. The second-order valence-corrected chi connectivity index (χ2v) is 6.21. The maximum Gasteiger partial charge on any atom is 0.258 e. The van der Waals surface area contributed by atoms with Crippen molar-refractivity contribution in [1.82, 2.24) is 20.1 Å². The Kier molecular flexibility index (Phi) is 5.41. The van der Waals surface area contributed by atoms with E-state index in [1.807, 2.05) is 30.9 Å². The van der Waals surface area contributed by atoms with Crippen molar-refractivity contribution in [2.45, 2.75) is 32.9 Å². The first-order chi connectivity index (χ1) is 12.6. The highest BCUT2D eigenvalue weighted by atomic mass is 19.1. The molecule has 1 aromatic carbocycles. The minimum absolute atomic E-state index is 0.0472. The molecule has 0 radical (unpaired) electrons. The van der Waals surface area contributed by atoms with E-state index in [4.69, 9.17) is 0 Å². The summed E-state index contributed by atoms with van der Waals surface area (Å²) in [5, 5.41) is 6.85. The van der Waals surface area contributed by atoms with Crippen molar-refractivity contribution in [3.05, 3.63) is 71.9 Å². The number of H-pyrrole nitrogens is 1. The zero-order chi connectivity index (χ0) is 18.5. The first-order valence-corrected chi connectivity index (χ1v) is 8.59. The zero-order valence-corrected chi connectivity index (χ0v) is 14.8. The molecule has 3 aromatic rings. The third-order valence-corrected chi connectivity index (χ3v) is 4.47. The number of aromatic amines is 1. The number of carbonyl (C=O) groups is 1. The van der Waals surface area contributed by atoms with E-state index < -0.39 is 0 Å². The van der Waals surface area contributed by atoms with Gasteiger partial charge in [-0.1, -0.05) is 19.1 Å². The number of pyridine rings is 1. The molecule has 0 saturated carbocycles. The maximum atomic E-state index is 13.6. The molecule has 0 saturated heterocycles. The number of aromatic nitrogens is 3. The molecule has 0 spiro atoms. The van der Waals surface area contributed by atoms with Gasteiger partial charge in [-0.2, -0.15) is 5.10 Å². The van der Waals surface area contributed by atoms with Crippen molar-refractivity contribution in [2.24, 2.45) is 0 Å². The molecule has 26 heavy (non-hydrogen) atoms. The van der Waals surface area contributed by atoms with Crippen LogP contribution in [0.15, 0.2) is 55.0 Å². The summed E-state index contributed by atoms with van der Waals surface area (Å²) in [6, 6.07) is 9.96. The Bertz CT molecular complexity index is 878. The van der Waals surface area contributed by atoms with Gasteiger partial charge < -0.3 is 4.90 Å². The lowest BCUT2D eigenvalue weighted by atomic mass is 10.1. The van der Waals surface area contributed by atoms with E-state index in [-0.39, 0.29) is 17.8 Å². The molecule has 1 atom stereocenters. The number of hydrogen-bond donors (Lipinski definition) is 1. The van der Waals surface area contributed by atoms with Crippen LogP contribution in [0.4, 0.5) is 4.39 Å². The van der Waals surface area contributed by atoms with E-state index in [0.29, 0.717) is 23.4 Å². The van der Waals surface area contributed by atoms with Crippen molar-refractivity contribution < 1.29 is 9.18 Å². The van der Waals surface area contributed by atoms with Gasteiger partial charge in [0.2, 0.25) is 0 Å². The summed E-state index contributed by atoms with van der Waals surface area (Å²) in [6.07, 6.45) is 5.75. The summed E-state index contributed by atoms with van der Waals surface area (Å²) in [7, 11) is 0. The highest BCUT2D eigenvalue weighted by Gasteiger charge is 2.25. The lowest BCUT2D eigenvalue weighted by molar-refractivity contribution is 0.0672. The quantitative estimate of drug-likeness (QED) is 0.728. The first-order valence-electron chi connectivity index (χ1n) is 8.59. The molecule has 0 aliphatic carbocycles. The number of hydrogen-bond acceptors (Lipinski definition) is 3. The number of halogens is 1. The highest BCUT2D eigenvalue weighted by molar-refractivity contribution is 5.99. The number of rotatable bonds is 6. The van der Waals surface area contributed by atoms with Gasteiger partial charge in [0, 0.05) is 30.5 Å². The predicted molar refractivity (Wildman–Crippen MR) is 97.8 cm³/mol. The molecule has 0 bridgehead atoms. The third-order valence-electron chi connectivity index (χ3n) is 4.47. The van der Waals surface area contributed by atoms with E-state index in [1.54, 1.807) is 24.5 Å². The van der Waals surface area contributed by atoms with Crippen LogP contribution in [0.25, 0.3) is 11.3 Å². The SMILES string of the molecule is CC[C@H](C)N(Cc1ccncc1)C(=O)c1cn[nH]c1-c1cccc(F)c1. The number of nitrogens with one attached hydrogen (secondary N) is 1. The van der Waals surface area contributed by atoms with Crippen LogP contribution in [0.1, 0.15) is 36.2 Å². The molecule has 0 aliphatic rings. The second-order valence-electron chi connectivity index (χ2n) is 6.21. The average molecular weight is 352 g/mol. The maximum absolute atomic E-state index is 13.6. The van der Waals surface area contributed by atoms with E-state index in [9.17, 15) is 9.18 Å². The molecular weight excluding hydrogens is 331 g/mol. The lowest BCUT2D eigenvalue weighted by Gasteiger charge is -2.28. The summed E-state index contributed by atoms with van der Waals surface area (Å²) in [4.78, 5) is 19.1. The first kappa shape index (κ1) is 17.8. The van der Waals surface area contributed by atoms with Crippen LogP contribution in [-0.2, 0) is 6.54 Å². The fraction of sp³-hybridized carbons (Fsp3) is 0.250. The van der Waals surface area contributed by atoms with E-state index >= 15 is 0 Å². The highest BCUT2D eigenvalue weighted by Crippen LogP contribution is 2.24. The number of nitrogens with zero attached hydrogens (tertiary/aromatic N) is 3. The number of benzene rings is 1. The second kappa shape index (κ2) is 7.91. The molecule has 2 aromatic heterocycles. The van der Waals surface area contributed by atoms with Crippen molar-refractivity contribution in [3.63, 3.8) is 0 Å². The van der Waals surface area contributed by atoms with Crippen molar-refractivity contribution in [1.29, 1.82) is 0 Å². The molecule has 1 amide bonds. The molecule has 2 heterocycles. The van der Waals surface area contributed by atoms with Gasteiger partial charge in [-0.05, 0) is 43.2 Å². The summed E-state index contributed by atoms with van der Waals surface area (Å²) in [5.74, 6) is -0.491. The monoisotopic (exact) mass is 352 g/mol. The van der Waals surface area contributed by atoms with Gasteiger partial charge in [0.25, 0.3) is 5.91 Å². The van der Waals surface area contributed by atoms with Crippen LogP contribution in [0.5, 0.6) is 0 Å². The molecule has 6 heteroatoms. The molecule has 1 N–H and O–H groups in total. The molecule has 0 aliphatic heterocycles. The molecular formula is C20H21FN4O. The van der Waals surface area contributed by atoms with Crippen LogP contribution in [0.2, 0.25) is 0 Å². The topological polar surface area (TPSA) is 61.9 Å². The average Bonchev–Trinajstić information content (AvgIpc) is 3.15. The Morgan fingerprint density at radius 1 is 1.27 bits per heavy atom. The standard InChI is InChI=1S/C20H21FN4O/c1-3-14(2)25(13-15-7-9-22-10-8-15)20(26)18-12-23-24-19(18)16-5-4-6-17(21)11-16/h4-12,14H,3,13H2,1-2H3,(H,23,24)/t14-/m0/s1. The zero-order valence-electron chi connectivity index (χ0n) is 14.8. The van der Waals surface area contributed by atoms with E-state index in [1.165, 1.54) is 18.3 Å². The van der Waals surface area contributed by atoms with Gasteiger partial charge in [-0.15, -0.1) is 0 Å². The van der Waals surface area contributed by atoms with Crippen molar-refractivity contribution in [2.75, 3.05) is 0 Å². The minimum Gasteiger partial charge on any atom is -0.332 e. The molecule has 5 nitrogen and oxygen atoms in total. The van der Waals surface area contributed by atoms with Crippen molar-refractivity contribution in [3.8, 4) is 11.3 Å². The third kappa shape index (κ3) is 3.79. The summed E-state index contributed by atoms with van der Waals surface area (Å²) in [5.41, 5.74) is 2.56. The Morgan fingerprint density at radius 3 is 2.73 bits per heavy atom. The Morgan fingerprint density at radius 2 is 2.04 bits per heavy atom. The normalized spacial score (nSPS) is 12.0. The van der Waals surface area contributed by atoms with Crippen LogP contribution >= 0.6 is 0 Å². The smallest absolute Gasteiger partial charge is 0.258 e. The van der Waals surface area contributed by atoms with Gasteiger partial charge in [-0.3, -0.25) is 14.9 Å². The van der Waals surface area contributed by atoms with Gasteiger partial charge in [0.1, 0.15) is 5.82 Å². The minimum atomic E-state index is -0.355. The van der Waals surface area contributed by atoms with Crippen LogP contribution in [0.3, 0.4) is 0 Å². The van der Waals surface area contributed by atoms with E-state index in [0.717, 1.165) is 12.0 Å². The van der Waals surface area contributed by atoms with Crippen molar-refractivity contribution >= 4 is 5.91 Å². The largest absolute Gasteiger partial charge is 0.332 e. The Balaban J connectivity index is 1.94. The van der Waals surface area contributed by atoms with Gasteiger partial charge >= 0.3 is 0 Å². The van der Waals surface area contributed by atoms with E-state index in [2.05, 4.69) is 15.2 Å². The lowest BCUT2D eigenvalue weighted by Crippen LogP contribution is -2.37. The van der Waals surface area contributed by atoms with Gasteiger partial charge in [0.15, 0.2) is 0 Å².